The van der Waals surface area contributed by atoms with Crippen LogP contribution in [0.5, 0.6) is 0 Å². The number of hydrogen-bond donors (Lipinski definition) is 1. The Labute approximate surface area is 155 Å². The van der Waals surface area contributed by atoms with Gasteiger partial charge in [0.25, 0.3) is 5.91 Å². The Kier molecular flexibility index (Phi) is 5.86. The Hall–Kier alpha value is -1.73. The van der Waals surface area contributed by atoms with Crippen molar-refractivity contribution in [1.82, 2.24) is 10.2 Å². The highest BCUT2D eigenvalue weighted by Crippen LogP contribution is 2.30. The van der Waals surface area contributed by atoms with Gasteiger partial charge in [0.2, 0.25) is 11.8 Å². The summed E-state index contributed by atoms with van der Waals surface area (Å²) >= 11 is 3.32. The molecular formula is C18H21BrN2O4. The predicted octanol–water partition coefficient (Wildman–Crippen LogP) is 1.79. The molecule has 0 aromatic heterocycles. The lowest BCUT2D eigenvalue weighted by Crippen LogP contribution is -2.52. The van der Waals surface area contributed by atoms with Gasteiger partial charge >= 0.3 is 0 Å². The van der Waals surface area contributed by atoms with Crippen molar-refractivity contribution < 1.29 is 19.1 Å². The quantitative estimate of drug-likeness (QED) is 0.423. The van der Waals surface area contributed by atoms with Crippen LogP contribution in [0.3, 0.4) is 0 Å². The maximum absolute atomic E-state index is 12.7. The molecule has 2 aliphatic heterocycles. The Morgan fingerprint density at radius 2 is 2.08 bits per heavy atom. The number of aryl methyl sites for hydroxylation is 1. The van der Waals surface area contributed by atoms with Crippen LogP contribution in [-0.4, -0.2) is 47.2 Å². The summed E-state index contributed by atoms with van der Waals surface area (Å²) in [6, 6.07) is 5.17. The van der Waals surface area contributed by atoms with E-state index in [4.69, 9.17) is 4.74 Å². The number of rotatable bonds is 7. The summed E-state index contributed by atoms with van der Waals surface area (Å²) in [6.07, 6.45) is 2.38. The van der Waals surface area contributed by atoms with E-state index >= 15 is 0 Å². The van der Waals surface area contributed by atoms with Crippen LogP contribution >= 0.6 is 15.9 Å². The van der Waals surface area contributed by atoms with Crippen molar-refractivity contribution >= 4 is 33.7 Å². The second-order valence-corrected chi connectivity index (χ2v) is 7.04. The van der Waals surface area contributed by atoms with E-state index in [2.05, 4.69) is 21.2 Å². The first-order valence-corrected chi connectivity index (χ1v) is 9.63. The lowest BCUT2D eigenvalue weighted by Gasteiger charge is -2.29. The number of benzene rings is 1. The summed E-state index contributed by atoms with van der Waals surface area (Å²) in [5, 5.41) is 3.15. The molecule has 1 N–H and O–H groups in total. The SMILES string of the molecule is O=C1CCC(N2Cc3c(CCCOCCBr)cccc3C2=O)C(=O)N1. The molecule has 1 saturated heterocycles. The summed E-state index contributed by atoms with van der Waals surface area (Å²) in [5.41, 5.74) is 2.80. The first-order chi connectivity index (χ1) is 12.1. The van der Waals surface area contributed by atoms with E-state index in [9.17, 15) is 14.4 Å². The van der Waals surface area contributed by atoms with Crippen molar-refractivity contribution in [3.63, 3.8) is 0 Å². The zero-order chi connectivity index (χ0) is 17.8. The van der Waals surface area contributed by atoms with Gasteiger partial charge < -0.3 is 9.64 Å². The van der Waals surface area contributed by atoms with Gasteiger partial charge in [0, 0.05) is 30.5 Å². The lowest BCUT2D eigenvalue weighted by atomic mass is 10.00. The molecule has 0 aliphatic carbocycles. The average molecular weight is 409 g/mol. The fourth-order valence-electron chi connectivity index (χ4n) is 3.41. The number of alkyl halides is 1. The predicted molar refractivity (Wildman–Crippen MR) is 95.4 cm³/mol. The highest BCUT2D eigenvalue weighted by atomic mass is 79.9. The smallest absolute Gasteiger partial charge is 0.255 e. The molecule has 7 heteroatoms. The number of halogens is 1. The highest BCUT2D eigenvalue weighted by Gasteiger charge is 2.39. The van der Waals surface area contributed by atoms with Gasteiger partial charge in [-0.25, -0.2) is 0 Å². The molecular weight excluding hydrogens is 388 g/mol. The lowest BCUT2D eigenvalue weighted by molar-refractivity contribution is -0.136. The van der Waals surface area contributed by atoms with E-state index in [1.54, 1.807) is 4.90 Å². The van der Waals surface area contributed by atoms with Crippen LogP contribution in [0.15, 0.2) is 18.2 Å². The number of carbonyl (C=O) groups excluding carboxylic acids is 3. The number of nitrogens with zero attached hydrogens (tertiary/aromatic N) is 1. The van der Waals surface area contributed by atoms with E-state index in [0.29, 0.717) is 31.7 Å². The molecule has 0 saturated carbocycles. The number of ether oxygens (including phenoxy) is 1. The van der Waals surface area contributed by atoms with Crippen LogP contribution < -0.4 is 5.32 Å². The number of fused-ring (bicyclic) bond motifs is 1. The Balaban J connectivity index is 1.69. The number of hydrogen-bond acceptors (Lipinski definition) is 4. The fraction of sp³-hybridized carbons (Fsp3) is 0.500. The van der Waals surface area contributed by atoms with Gasteiger partial charge in [0.1, 0.15) is 6.04 Å². The highest BCUT2D eigenvalue weighted by molar-refractivity contribution is 9.09. The number of carbonyl (C=O) groups is 3. The molecule has 134 valence electrons. The molecule has 1 fully saturated rings. The van der Waals surface area contributed by atoms with Crippen molar-refractivity contribution in [3.8, 4) is 0 Å². The summed E-state index contributed by atoms with van der Waals surface area (Å²) in [7, 11) is 0. The number of imide groups is 1. The number of amides is 3. The molecule has 2 heterocycles. The standard InChI is InChI=1S/C18H21BrN2O4/c19-8-10-25-9-2-4-12-3-1-5-13-14(12)11-21(18(13)24)15-6-7-16(22)20-17(15)23/h1,3,5,15H,2,4,6-11H2,(H,20,22,23). The Bertz CT molecular complexity index is 692. The van der Waals surface area contributed by atoms with Crippen LogP contribution in [-0.2, 0) is 27.3 Å². The fourth-order valence-corrected chi connectivity index (χ4v) is 3.63. The largest absolute Gasteiger partial charge is 0.381 e. The van der Waals surface area contributed by atoms with E-state index in [1.165, 1.54) is 0 Å². The summed E-state index contributed by atoms with van der Waals surface area (Å²) in [5.74, 6) is -0.765. The van der Waals surface area contributed by atoms with Gasteiger partial charge in [0.15, 0.2) is 0 Å². The molecule has 0 radical (unpaired) electrons. The maximum Gasteiger partial charge on any atom is 0.255 e. The second-order valence-electron chi connectivity index (χ2n) is 6.25. The van der Waals surface area contributed by atoms with Gasteiger partial charge in [-0.15, -0.1) is 0 Å². The Morgan fingerprint density at radius 3 is 2.84 bits per heavy atom. The average Bonchev–Trinajstić information content (AvgIpc) is 2.92. The molecule has 1 aromatic rings. The van der Waals surface area contributed by atoms with Crippen molar-refractivity contribution in [2.24, 2.45) is 0 Å². The van der Waals surface area contributed by atoms with Gasteiger partial charge in [0.05, 0.1) is 6.61 Å². The number of nitrogens with one attached hydrogen (secondary N) is 1. The zero-order valence-electron chi connectivity index (χ0n) is 13.9. The third-order valence-corrected chi connectivity index (χ3v) is 4.96. The van der Waals surface area contributed by atoms with E-state index in [-0.39, 0.29) is 24.1 Å². The molecule has 1 atom stereocenters. The molecule has 0 bridgehead atoms. The minimum absolute atomic E-state index is 0.123. The minimum Gasteiger partial charge on any atom is -0.381 e. The van der Waals surface area contributed by atoms with Crippen molar-refractivity contribution in [2.75, 3.05) is 18.5 Å². The first kappa shape index (κ1) is 18.1. The van der Waals surface area contributed by atoms with Gasteiger partial charge in [-0.2, -0.15) is 0 Å². The van der Waals surface area contributed by atoms with Gasteiger partial charge in [-0.05, 0) is 36.5 Å². The Morgan fingerprint density at radius 1 is 1.24 bits per heavy atom. The molecule has 6 nitrogen and oxygen atoms in total. The van der Waals surface area contributed by atoms with E-state index in [1.807, 2.05) is 18.2 Å². The molecule has 3 rings (SSSR count). The molecule has 3 amide bonds. The first-order valence-electron chi connectivity index (χ1n) is 8.51. The van der Waals surface area contributed by atoms with Gasteiger partial charge in [-0.1, -0.05) is 28.1 Å². The van der Waals surface area contributed by atoms with Crippen molar-refractivity contribution in [3.05, 3.63) is 34.9 Å². The third kappa shape index (κ3) is 3.93. The van der Waals surface area contributed by atoms with Crippen LogP contribution in [0.2, 0.25) is 0 Å². The molecule has 25 heavy (non-hydrogen) atoms. The minimum atomic E-state index is -0.562. The van der Waals surface area contributed by atoms with Crippen LogP contribution in [0, 0.1) is 0 Å². The third-order valence-electron chi connectivity index (χ3n) is 4.64. The van der Waals surface area contributed by atoms with E-state index < -0.39 is 6.04 Å². The molecule has 1 aromatic carbocycles. The van der Waals surface area contributed by atoms with Crippen molar-refractivity contribution in [1.29, 1.82) is 0 Å². The summed E-state index contributed by atoms with van der Waals surface area (Å²) in [6.45, 7) is 1.80. The van der Waals surface area contributed by atoms with Crippen LogP contribution in [0.25, 0.3) is 0 Å². The van der Waals surface area contributed by atoms with Gasteiger partial charge in [-0.3, -0.25) is 19.7 Å². The van der Waals surface area contributed by atoms with Crippen LogP contribution in [0.4, 0.5) is 0 Å². The molecule has 0 spiro atoms. The molecule has 2 aliphatic rings. The number of piperidine rings is 1. The van der Waals surface area contributed by atoms with Crippen LogP contribution in [0.1, 0.15) is 40.7 Å². The summed E-state index contributed by atoms with van der Waals surface area (Å²) < 4.78 is 5.48. The topological polar surface area (TPSA) is 75.7 Å². The summed E-state index contributed by atoms with van der Waals surface area (Å²) in [4.78, 5) is 37.7. The normalized spacial score (nSPS) is 20.0. The van der Waals surface area contributed by atoms with E-state index in [0.717, 1.165) is 29.3 Å². The maximum atomic E-state index is 12.7. The monoisotopic (exact) mass is 408 g/mol. The second kappa shape index (κ2) is 8.10. The van der Waals surface area contributed by atoms with Crippen molar-refractivity contribution in [2.45, 2.75) is 38.3 Å². The molecule has 1 unspecified atom stereocenters. The zero-order valence-corrected chi connectivity index (χ0v) is 15.5.